The Morgan fingerprint density at radius 3 is 2.31 bits per heavy atom. The summed E-state index contributed by atoms with van der Waals surface area (Å²) in [4.78, 5) is 29.9. The van der Waals surface area contributed by atoms with Crippen LogP contribution in [0.3, 0.4) is 0 Å². The molecule has 164 valence electrons. The van der Waals surface area contributed by atoms with E-state index in [1.807, 2.05) is 78.7 Å². The van der Waals surface area contributed by atoms with Gasteiger partial charge in [-0.15, -0.1) is 0 Å². The van der Waals surface area contributed by atoms with Gasteiger partial charge in [0.15, 0.2) is 0 Å². The zero-order valence-electron chi connectivity index (χ0n) is 18.5. The number of hydrogen-bond acceptors (Lipinski definition) is 3. The van der Waals surface area contributed by atoms with Crippen molar-refractivity contribution in [3.05, 3.63) is 90.0 Å². The molecule has 3 aromatic rings. The van der Waals surface area contributed by atoms with Gasteiger partial charge in [0.1, 0.15) is 5.75 Å². The van der Waals surface area contributed by atoms with Gasteiger partial charge >= 0.3 is 0 Å². The van der Waals surface area contributed by atoms with Crippen LogP contribution in [0, 0.1) is 5.92 Å². The molecule has 2 amide bonds. The van der Waals surface area contributed by atoms with Crippen molar-refractivity contribution in [3.63, 3.8) is 0 Å². The highest BCUT2D eigenvalue weighted by Gasteiger charge is 2.31. The van der Waals surface area contributed by atoms with E-state index >= 15 is 0 Å². The maximum Gasteiger partial charge on any atom is 0.253 e. The predicted octanol–water partition coefficient (Wildman–Crippen LogP) is 4.14. The molecule has 0 saturated carbocycles. The van der Waals surface area contributed by atoms with Crippen molar-refractivity contribution in [2.45, 2.75) is 6.42 Å². The molecule has 1 saturated heterocycles. The maximum absolute atomic E-state index is 13.2. The van der Waals surface area contributed by atoms with Crippen molar-refractivity contribution < 1.29 is 14.3 Å². The van der Waals surface area contributed by atoms with Crippen LogP contribution >= 0.6 is 0 Å². The lowest BCUT2D eigenvalue weighted by molar-refractivity contribution is -0.133. The Kier molecular flexibility index (Phi) is 6.55. The average molecular weight is 429 g/mol. The first kappa shape index (κ1) is 21.6. The maximum atomic E-state index is 13.2. The fraction of sp³-hybridized carbons (Fsp3) is 0.259. The Labute approximate surface area is 189 Å². The van der Waals surface area contributed by atoms with Crippen LogP contribution in [0.1, 0.15) is 15.9 Å². The zero-order valence-corrected chi connectivity index (χ0v) is 18.5. The van der Waals surface area contributed by atoms with E-state index in [1.54, 1.807) is 12.0 Å². The molecule has 0 aromatic heterocycles. The van der Waals surface area contributed by atoms with E-state index < -0.39 is 0 Å². The molecule has 32 heavy (non-hydrogen) atoms. The van der Waals surface area contributed by atoms with E-state index in [0.717, 1.165) is 22.4 Å². The van der Waals surface area contributed by atoms with Gasteiger partial charge in [-0.05, 0) is 35.7 Å². The number of rotatable bonds is 5. The van der Waals surface area contributed by atoms with E-state index in [4.69, 9.17) is 4.74 Å². The Morgan fingerprint density at radius 1 is 0.906 bits per heavy atom. The molecule has 4 rings (SSSR count). The zero-order chi connectivity index (χ0) is 22.5. The van der Waals surface area contributed by atoms with Gasteiger partial charge in [0.2, 0.25) is 5.91 Å². The van der Waals surface area contributed by atoms with Gasteiger partial charge in [-0.1, -0.05) is 60.7 Å². The largest absolute Gasteiger partial charge is 0.496 e. The van der Waals surface area contributed by atoms with Crippen molar-refractivity contribution in [3.8, 4) is 16.9 Å². The fourth-order valence-corrected chi connectivity index (χ4v) is 4.32. The topological polar surface area (TPSA) is 49.9 Å². The second-order valence-electron chi connectivity index (χ2n) is 8.14. The van der Waals surface area contributed by atoms with Crippen molar-refractivity contribution >= 4 is 11.8 Å². The van der Waals surface area contributed by atoms with Crippen LogP contribution in [-0.2, 0) is 11.2 Å². The highest BCUT2D eigenvalue weighted by atomic mass is 16.5. The SMILES string of the molecule is COc1ccccc1-c1ccccc1C[C@@H]1CN(C(=O)c2ccccc2)CCN(C)C1=O. The predicted molar refractivity (Wildman–Crippen MR) is 126 cm³/mol. The highest BCUT2D eigenvalue weighted by Crippen LogP contribution is 2.33. The highest BCUT2D eigenvalue weighted by molar-refractivity contribution is 5.95. The molecule has 1 heterocycles. The number of carbonyl (C=O) groups excluding carboxylic acids is 2. The first-order valence-corrected chi connectivity index (χ1v) is 10.9. The molecule has 0 bridgehead atoms. The summed E-state index contributed by atoms with van der Waals surface area (Å²) < 4.78 is 5.57. The third-order valence-electron chi connectivity index (χ3n) is 6.06. The van der Waals surface area contributed by atoms with Crippen LogP contribution in [-0.4, -0.2) is 55.4 Å². The number of methoxy groups -OCH3 is 1. The fourth-order valence-electron chi connectivity index (χ4n) is 4.32. The molecule has 1 fully saturated rings. The number of para-hydroxylation sites is 1. The molecule has 1 aliphatic rings. The van der Waals surface area contributed by atoms with Gasteiger partial charge in [-0.2, -0.15) is 0 Å². The number of carbonyl (C=O) groups is 2. The summed E-state index contributed by atoms with van der Waals surface area (Å²) in [6.45, 7) is 1.46. The molecule has 5 nitrogen and oxygen atoms in total. The van der Waals surface area contributed by atoms with Crippen molar-refractivity contribution in [1.82, 2.24) is 9.80 Å². The molecule has 3 aromatic carbocycles. The first-order chi connectivity index (χ1) is 15.6. The van der Waals surface area contributed by atoms with Crippen LogP contribution in [0.5, 0.6) is 5.75 Å². The minimum absolute atomic E-state index is 0.0308. The molecule has 1 aliphatic heterocycles. The Morgan fingerprint density at radius 2 is 1.56 bits per heavy atom. The summed E-state index contributed by atoms with van der Waals surface area (Å²) in [6.07, 6.45) is 0.552. The summed E-state index contributed by atoms with van der Waals surface area (Å²) in [5.74, 6) is 0.524. The minimum Gasteiger partial charge on any atom is -0.496 e. The summed E-state index contributed by atoms with van der Waals surface area (Å²) in [7, 11) is 3.48. The first-order valence-electron chi connectivity index (χ1n) is 10.9. The van der Waals surface area contributed by atoms with Gasteiger partial charge < -0.3 is 14.5 Å². The minimum atomic E-state index is -0.314. The number of nitrogens with zero attached hydrogens (tertiary/aromatic N) is 2. The monoisotopic (exact) mass is 428 g/mol. The van der Waals surface area contributed by atoms with Gasteiger partial charge in [-0.25, -0.2) is 0 Å². The van der Waals surface area contributed by atoms with Gasteiger partial charge in [-0.3, -0.25) is 9.59 Å². The number of ether oxygens (including phenoxy) is 1. The van der Waals surface area contributed by atoms with Gasteiger partial charge in [0.25, 0.3) is 5.91 Å². The molecule has 0 radical (unpaired) electrons. The second-order valence-corrected chi connectivity index (χ2v) is 8.14. The second kappa shape index (κ2) is 9.69. The summed E-state index contributed by atoms with van der Waals surface area (Å²) in [6, 6.07) is 25.3. The van der Waals surface area contributed by atoms with Crippen LogP contribution < -0.4 is 4.74 Å². The van der Waals surface area contributed by atoms with Gasteiger partial charge in [0, 0.05) is 37.8 Å². The van der Waals surface area contributed by atoms with E-state index in [0.29, 0.717) is 31.6 Å². The van der Waals surface area contributed by atoms with Crippen molar-refractivity contribution in [2.75, 3.05) is 33.8 Å². The molecule has 0 N–H and O–H groups in total. The van der Waals surface area contributed by atoms with E-state index in [2.05, 4.69) is 12.1 Å². The van der Waals surface area contributed by atoms with Crippen LogP contribution in [0.4, 0.5) is 0 Å². The Balaban J connectivity index is 1.64. The Hall–Kier alpha value is -3.60. The number of hydrogen-bond donors (Lipinski definition) is 0. The van der Waals surface area contributed by atoms with Crippen molar-refractivity contribution in [1.29, 1.82) is 0 Å². The lowest BCUT2D eigenvalue weighted by Gasteiger charge is -2.24. The van der Waals surface area contributed by atoms with E-state index in [1.165, 1.54) is 0 Å². The van der Waals surface area contributed by atoms with E-state index in [9.17, 15) is 9.59 Å². The van der Waals surface area contributed by atoms with Gasteiger partial charge in [0.05, 0.1) is 13.0 Å². The molecular formula is C27H28N2O3. The third-order valence-corrected chi connectivity index (χ3v) is 6.06. The average Bonchev–Trinajstić information content (AvgIpc) is 2.98. The Bertz CT molecular complexity index is 1100. The smallest absolute Gasteiger partial charge is 0.253 e. The molecule has 5 heteroatoms. The molecule has 0 spiro atoms. The molecule has 0 aliphatic carbocycles. The molecule has 0 unspecified atom stereocenters. The molecule has 1 atom stereocenters. The standard InChI is InChI=1S/C27H28N2O3/c1-28-16-17-29(27(31)20-10-4-3-5-11-20)19-22(26(28)30)18-21-12-6-7-13-23(21)24-14-8-9-15-25(24)32-2/h3-15,22H,16-19H2,1-2H3/t22-/m1/s1. The lowest BCUT2D eigenvalue weighted by atomic mass is 9.91. The normalized spacial score (nSPS) is 16.6. The van der Waals surface area contributed by atoms with E-state index in [-0.39, 0.29) is 17.7 Å². The van der Waals surface area contributed by atoms with Crippen molar-refractivity contribution in [2.24, 2.45) is 5.92 Å². The van der Waals surface area contributed by atoms with Crippen LogP contribution in [0.15, 0.2) is 78.9 Å². The van der Waals surface area contributed by atoms with Crippen LogP contribution in [0.2, 0.25) is 0 Å². The summed E-state index contributed by atoms with van der Waals surface area (Å²) in [5, 5.41) is 0. The summed E-state index contributed by atoms with van der Waals surface area (Å²) in [5.41, 5.74) is 3.76. The third kappa shape index (κ3) is 4.52. The number of benzene rings is 3. The quantitative estimate of drug-likeness (QED) is 0.614. The lowest BCUT2D eigenvalue weighted by Crippen LogP contribution is -2.37. The molecular weight excluding hydrogens is 400 g/mol. The summed E-state index contributed by atoms with van der Waals surface area (Å²) >= 11 is 0. The van der Waals surface area contributed by atoms with Crippen LogP contribution in [0.25, 0.3) is 11.1 Å². The number of likely N-dealkylation sites (N-methyl/N-ethyl adjacent to an activating group) is 1. The number of amides is 2.